The number of Topliss-reactive ketones (excluding diaryl/α,β-unsaturated/α-hetero) is 2. The van der Waals surface area contributed by atoms with Crippen LogP contribution in [0.25, 0.3) is 0 Å². The van der Waals surface area contributed by atoms with Crippen molar-refractivity contribution in [2.75, 3.05) is 14.2 Å². The lowest BCUT2D eigenvalue weighted by Crippen LogP contribution is -2.40. The summed E-state index contributed by atoms with van der Waals surface area (Å²) in [6.07, 6.45) is 0. The largest absolute Gasteiger partial charge is 0.468 e. The fourth-order valence-electron chi connectivity index (χ4n) is 1.95. The minimum Gasteiger partial charge on any atom is -0.468 e. The zero-order valence-electron chi connectivity index (χ0n) is 11.2. The van der Waals surface area contributed by atoms with Gasteiger partial charge in [-0.15, -0.1) is 0 Å². The molecule has 0 N–H and O–H groups in total. The number of hydrogen-bond acceptors (Lipinski definition) is 6. The molecule has 0 amide bonds. The molecular weight excluding hydrogens is 240 g/mol. The first kappa shape index (κ1) is 16.3. The zero-order valence-corrected chi connectivity index (χ0v) is 11.2. The fourth-order valence-corrected chi connectivity index (χ4v) is 1.95. The highest BCUT2D eigenvalue weighted by molar-refractivity contribution is 6.02. The van der Waals surface area contributed by atoms with E-state index in [-0.39, 0.29) is 0 Å². The number of rotatable bonds is 6. The average molecular weight is 258 g/mol. The van der Waals surface area contributed by atoms with Crippen LogP contribution in [0.3, 0.4) is 0 Å². The maximum Gasteiger partial charge on any atom is 0.316 e. The van der Waals surface area contributed by atoms with Crippen LogP contribution >= 0.6 is 0 Å². The van der Waals surface area contributed by atoms with Gasteiger partial charge >= 0.3 is 11.9 Å². The lowest BCUT2D eigenvalue weighted by Gasteiger charge is -2.24. The van der Waals surface area contributed by atoms with Gasteiger partial charge in [0.25, 0.3) is 0 Å². The second-order valence-electron chi connectivity index (χ2n) is 4.08. The summed E-state index contributed by atoms with van der Waals surface area (Å²) in [7, 11) is 2.29. The van der Waals surface area contributed by atoms with Crippen LogP contribution in [0.2, 0.25) is 0 Å². The summed E-state index contributed by atoms with van der Waals surface area (Å²) in [6.45, 7) is 3.91. The van der Waals surface area contributed by atoms with Crippen LogP contribution in [0.4, 0.5) is 0 Å². The second-order valence-corrected chi connectivity index (χ2v) is 4.08. The van der Waals surface area contributed by atoms with E-state index in [2.05, 4.69) is 9.47 Å². The molecule has 0 aromatic carbocycles. The summed E-state index contributed by atoms with van der Waals surface area (Å²) in [4.78, 5) is 46.0. The minimum atomic E-state index is -1.15. The maximum absolute atomic E-state index is 11.5. The third-order valence-electron chi connectivity index (χ3n) is 2.84. The SMILES string of the molecule is COC(=O)C(C(C)=O)C(C)C(C(C)=O)C(=O)OC. The van der Waals surface area contributed by atoms with Gasteiger partial charge in [0.05, 0.1) is 14.2 Å². The van der Waals surface area contributed by atoms with Gasteiger partial charge in [-0.25, -0.2) is 0 Å². The van der Waals surface area contributed by atoms with Crippen LogP contribution in [0.5, 0.6) is 0 Å². The standard InChI is InChI=1S/C12H18O6/c1-6(9(7(2)13)11(15)17-4)10(8(3)14)12(16)18-5/h6,9-10H,1-5H3. The first-order chi connectivity index (χ1) is 8.27. The third kappa shape index (κ3) is 3.65. The van der Waals surface area contributed by atoms with Crippen LogP contribution in [-0.4, -0.2) is 37.7 Å². The van der Waals surface area contributed by atoms with Gasteiger partial charge in [0, 0.05) is 0 Å². The highest BCUT2D eigenvalue weighted by Gasteiger charge is 2.41. The van der Waals surface area contributed by atoms with E-state index in [9.17, 15) is 19.2 Å². The molecule has 0 spiro atoms. The summed E-state index contributed by atoms with van der Waals surface area (Å²) in [5.41, 5.74) is 0. The molecule has 0 aromatic rings. The smallest absolute Gasteiger partial charge is 0.316 e. The van der Waals surface area contributed by atoms with Crippen LogP contribution < -0.4 is 0 Å². The van der Waals surface area contributed by atoms with Gasteiger partial charge < -0.3 is 9.47 Å². The number of ether oxygens (including phenoxy) is 2. The van der Waals surface area contributed by atoms with Crippen molar-refractivity contribution >= 4 is 23.5 Å². The Labute approximate surface area is 106 Å². The normalized spacial score (nSPS) is 15.2. The van der Waals surface area contributed by atoms with E-state index in [1.165, 1.54) is 20.8 Å². The minimum absolute atomic E-state index is 0.454. The fraction of sp³-hybridized carbons (Fsp3) is 0.667. The zero-order chi connectivity index (χ0) is 14.5. The molecule has 2 atom stereocenters. The third-order valence-corrected chi connectivity index (χ3v) is 2.84. The average Bonchev–Trinajstić information content (AvgIpc) is 2.27. The Morgan fingerprint density at radius 2 is 1.06 bits per heavy atom. The van der Waals surface area contributed by atoms with Gasteiger partial charge in [-0.1, -0.05) is 6.92 Å². The Kier molecular flexibility index (Phi) is 6.22. The van der Waals surface area contributed by atoms with E-state index in [0.29, 0.717) is 0 Å². The number of carbonyl (C=O) groups is 4. The molecule has 6 nitrogen and oxygen atoms in total. The molecule has 0 aliphatic rings. The predicted octanol–water partition coefficient (Wildman–Crippen LogP) is 0.379. The molecule has 102 valence electrons. The predicted molar refractivity (Wildman–Crippen MR) is 61.5 cm³/mol. The van der Waals surface area contributed by atoms with E-state index >= 15 is 0 Å². The van der Waals surface area contributed by atoms with Crippen molar-refractivity contribution in [1.82, 2.24) is 0 Å². The summed E-state index contributed by atoms with van der Waals surface area (Å²) < 4.78 is 9.03. The van der Waals surface area contributed by atoms with E-state index in [1.807, 2.05) is 0 Å². The highest BCUT2D eigenvalue weighted by Crippen LogP contribution is 2.25. The molecule has 0 saturated carbocycles. The van der Waals surface area contributed by atoms with E-state index < -0.39 is 41.3 Å². The Hall–Kier alpha value is -1.72. The van der Waals surface area contributed by atoms with Gasteiger partial charge in [-0.3, -0.25) is 19.2 Å². The molecule has 18 heavy (non-hydrogen) atoms. The van der Waals surface area contributed by atoms with Crippen molar-refractivity contribution in [2.45, 2.75) is 20.8 Å². The quantitative estimate of drug-likeness (QED) is 0.505. The molecule has 0 saturated heterocycles. The molecular formula is C12H18O6. The van der Waals surface area contributed by atoms with Gasteiger partial charge in [0.1, 0.15) is 23.4 Å². The Morgan fingerprint density at radius 1 is 0.778 bits per heavy atom. The topological polar surface area (TPSA) is 86.7 Å². The Balaban J connectivity index is 5.32. The maximum atomic E-state index is 11.5. The Bertz CT molecular complexity index is 326. The van der Waals surface area contributed by atoms with E-state index in [4.69, 9.17) is 0 Å². The second kappa shape index (κ2) is 6.88. The van der Waals surface area contributed by atoms with Gasteiger partial charge in [0.15, 0.2) is 0 Å². The van der Waals surface area contributed by atoms with Crippen molar-refractivity contribution in [3.05, 3.63) is 0 Å². The molecule has 0 fully saturated rings. The number of methoxy groups -OCH3 is 2. The van der Waals surface area contributed by atoms with Crippen molar-refractivity contribution in [1.29, 1.82) is 0 Å². The van der Waals surface area contributed by atoms with Crippen LogP contribution in [-0.2, 0) is 28.7 Å². The van der Waals surface area contributed by atoms with Crippen molar-refractivity contribution in [3.63, 3.8) is 0 Å². The lowest BCUT2D eigenvalue weighted by molar-refractivity contribution is -0.157. The molecule has 0 rings (SSSR count). The number of ketones is 2. The van der Waals surface area contributed by atoms with E-state index in [0.717, 1.165) is 14.2 Å². The molecule has 2 unspecified atom stereocenters. The molecule has 0 heterocycles. The lowest BCUT2D eigenvalue weighted by atomic mass is 9.79. The monoisotopic (exact) mass is 258 g/mol. The van der Waals surface area contributed by atoms with E-state index in [1.54, 1.807) is 0 Å². The van der Waals surface area contributed by atoms with Gasteiger partial charge in [-0.05, 0) is 19.8 Å². The number of esters is 2. The highest BCUT2D eigenvalue weighted by atomic mass is 16.5. The number of hydrogen-bond donors (Lipinski definition) is 0. The van der Waals surface area contributed by atoms with Crippen molar-refractivity contribution in [3.8, 4) is 0 Å². The van der Waals surface area contributed by atoms with Crippen molar-refractivity contribution in [2.24, 2.45) is 17.8 Å². The summed E-state index contributed by atoms with van der Waals surface area (Å²) in [5.74, 6) is -5.53. The van der Waals surface area contributed by atoms with Gasteiger partial charge in [0.2, 0.25) is 0 Å². The number of carbonyl (C=O) groups excluding carboxylic acids is 4. The van der Waals surface area contributed by atoms with Crippen molar-refractivity contribution < 1.29 is 28.7 Å². The summed E-state index contributed by atoms with van der Waals surface area (Å²) in [6, 6.07) is 0. The van der Waals surface area contributed by atoms with Gasteiger partial charge in [-0.2, -0.15) is 0 Å². The molecule has 0 aliphatic carbocycles. The molecule has 0 radical (unpaired) electrons. The van der Waals surface area contributed by atoms with Crippen LogP contribution in [0.1, 0.15) is 20.8 Å². The van der Waals surface area contributed by atoms with Crippen LogP contribution in [0, 0.1) is 17.8 Å². The first-order valence-electron chi connectivity index (χ1n) is 5.44. The Morgan fingerprint density at radius 3 is 1.22 bits per heavy atom. The summed E-state index contributed by atoms with van der Waals surface area (Å²) in [5, 5.41) is 0. The molecule has 6 heteroatoms. The molecule has 0 aromatic heterocycles. The van der Waals surface area contributed by atoms with Crippen LogP contribution in [0.15, 0.2) is 0 Å². The summed E-state index contributed by atoms with van der Waals surface area (Å²) >= 11 is 0. The first-order valence-corrected chi connectivity index (χ1v) is 5.44. The molecule has 0 aliphatic heterocycles. The molecule has 0 bridgehead atoms.